The van der Waals surface area contributed by atoms with Crippen LogP contribution in [0, 0.1) is 0 Å². The van der Waals surface area contributed by atoms with Gasteiger partial charge in [-0.25, -0.2) is 0 Å². The second-order valence-corrected chi connectivity index (χ2v) is 4.92. The van der Waals surface area contributed by atoms with E-state index in [9.17, 15) is 4.79 Å². The van der Waals surface area contributed by atoms with Gasteiger partial charge in [-0.2, -0.15) is 0 Å². The van der Waals surface area contributed by atoms with Crippen LogP contribution in [0.2, 0.25) is 0 Å². The fourth-order valence-electron chi connectivity index (χ4n) is 2.11. The van der Waals surface area contributed by atoms with E-state index in [1.54, 1.807) is 23.1 Å². The van der Waals surface area contributed by atoms with E-state index in [0.717, 1.165) is 25.7 Å². The molecular formula is C15H25N3O2. The van der Waals surface area contributed by atoms with Crippen LogP contribution in [0.3, 0.4) is 0 Å². The maximum absolute atomic E-state index is 12.4. The first kappa shape index (κ1) is 16.3. The number of nitrogens with two attached hydrogens (primary N) is 2. The summed E-state index contributed by atoms with van der Waals surface area (Å²) in [5.74, 6) is -0.145. The molecule has 0 heterocycles. The van der Waals surface area contributed by atoms with Crippen molar-refractivity contribution in [1.82, 2.24) is 4.90 Å². The third-order valence-electron chi connectivity index (χ3n) is 3.24. The van der Waals surface area contributed by atoms with E-state index in [4.69, 9.17) is 16.6 Å². The maximum atomic E-state index is 12.4. The first-order valence-electron chi connectivity index (χ1n) is 7.15. The van der Waals surface area contributed by atoms with Gasteiger partial charge in [0.05, 0.1) is 12.2 Å². The Morgan fingerprint density at radius 1 is 1.20 bits per heavy atom. The largest absolute Gasteiger partial charge is 0.399 e. The van der Waals surface area contributed by atoms with Crippen molar-refractivity contribution < 1.29 is 9.90 Å². The number of benzene rings is 1. The second-order valence-electron chi connectivity index (χ2n) is 4.92. The summed E-state index contributed by atoms with van der Waals surface area (Å²) in [5.41, 5.74) is 12.8. The highest BCUT2D eigenvalue weighted by Gasteiger charge is 2.17. The molecule has 0 unspecified atom stereocenters. The summed E-state index contributed by atoms with van der Waals surface area (Å²) in [6.07, 6.45) is 4.33. The molecule has 5 heteroatoms. The molecule has 1 aromatic carbocycles. The van der Waals surface area contributed by atoms with Crippen molar-refractivity contribution in [3.05, 3.63) is 23.8 Å². The van der Waals surface area contributed by atoms with Crippen LogP contribution in [0.1, 0.15) is 43.0 Å². The molecule has 1 rings (SSSR count). The Morgan fingerprint density at radius 3 is 2.55 bits per heavy atom. The Balaban J connectivity index is 2.72. The molecule has 0 fully saturated rings. The number of aliphatic hydroxyl groups excluding tert-OH is 1. The highest BCUT2D eigenvalue weighted by Crippen LogP contribution is 2.18. The minimum absolute atomic E-state index is 0.0472. The Hall–Kier alpha value is -1.75. The van der Waals surface area contributed by atoms with Gasteiger partial charge in [-0.1, -0.05) is 26.2 Å². The predicted octanol–water partition coefficient (Wildman–Crippen LogP) is 1.87. The van der Waals surface area contributed by atoms with Crippen LogP contribution in [-0.2, 0) is 0 Å². The van der Waals surface area contributed by atoms with Crippen molar-refractivity contribution in [3.63, 3.8) is 0 Å². The number of anilines is 2. The molecule has 1 aromatic rings. The van der Waals surface area contributed by atoms with Crippen molar-refractivity contribution in [2.45, 2.75) is 32.6 Å². The van der Waals surface area contributed by atoms with Gasteiger partial charge in [-0.15, -0.1) is 0 Å². The summed E-state index contributed by atoms with van der Waals surface area (Å²) in [7, 11) is 0. The quantitative estimate of drug-likeness (QED) is 0.500. The lowest BCUT2D eigenvalue weighted by molar-refractivity contribution is 0.0719. The molecule has 0 aromatic heterocycles. The lowest BCUT2D eigenvalue weighted by Gasteiger charge is -2.22. The van der Waals surface area contributed by atoms with Crippen LogP contribution in [0.25, 0.3) is 0 Å². The van der Waals surface area contributed by atoms with E-state index >= 15 is 0 Å². The Bertz CT molecular complexity index is 435. The summed E-state index contributed by atoms with van der Waals surface area (Å²) in [4.78, 5) is 14.1. The molecule has 0 aliphatic heterocycles. The van der Waals surface area contributed by atoms with Crippen LogP contribution >= 0.6 is 0 Å². The zero-order chi connectivity index (χ0) is 15.0. The molecule has 0 bridgehead atoms. The standard InChI is InChI=1S/C15H25N3O2/c1-2-3-4-5-8-18(9-10-19)15(20)13-7-6-12(16)11-14(13)17/h6-7,11,19H,2-5,8-10,16-17H2,1H3. The molecule has 0 radical (unpaired) electrons. The third kappa shape index (κ3) is 4.74. The zero-order valence-electron chi connectivity index (χ0n) is 12.1. The van der Waals surface area contributed by atoms with Crippen LogP contribution < -0.4 is 11.5 Å². The molecular weight excluding hydrogens is 254 g/mol. The van der Waals surface area contributed by atoms with Crippen molar-refractivity contribution in [3.8, 4) is 0 Å². The van der Waals surface area contributed by atoms with Crippen LogP contribution in [-0.4, -0.2) is 35.6 Å². The van der Waals surface area contributed by atoms with E-state index in [0.29, 0.717) is 30.0 Å². The molecule has 20 heavy (non-hydrogen) atoms. The number of amides is 1. The average Bonchev–Trinajstić information content (AvgIpc) is 2.41. The lowest BCUT2D eigenvalue weighted by atomic mass is 10.1. The molecule has 0 saturated heterocycles. The van der Waals surface area contributed by atoms with Crippen molar-refractivity contribution in [2.24, 2.45) is 0 Å². The normalized spacial score (nSPS) is 10.5. The smallest absolute Gasteiger partial charge is 0.256 e. The summed E-state index contributed by atoms with van der Waals surface area (Å²) in [6, 6.07) is 4.89. The fraction of sp³-hybridized carbons (Fsp3) is 0.533. The van der Waals surface area contributed by atoms with Crippen LogP contribution in [0.5, 0.6) is 0 Å². The molecule has 0 saturated carbocycles. The number of carbonyl (C=O) groups excluding carboxylic acids is 1. The monoisotopic (exact) mass is 279 g/mol. The molecule has 0 aliphatic carbocycles. The zero-order valence-corrected chi connectivity index (χ0v) is 12.1. The summed E-state index contributed by atoms with van der Waals surface area (Å²) >= 11 is 0. The molecule has 0 atom stereocenters. The topological polar surface area (TPSA) is 92.6 Å². The van der Waals surface area contributed by atoms with Crippen LogP contribution in [0.4, 0.5) is 11.4 Å². The summed E-state index contributed by atoms with van der Waals surface area (Å²) in [6.45, 7) is 3.07. The number of nitrogen functional groups attached to an aromatic ring is 2. The van der Waals surface area contributed by atoms with E-state index in [1.807, 2.05) is 0 Å². The highest BCUT2D eigenvalue weighted by atomic mass is 16.3. The van der Waals surface area contributed by atoms with Gasteiger partial charge in [-0.3, -0.25) is 4.79 Å². The maximum Gasteiger partial charge on any atom is 0.256 e. The third-order valence-corrected chi connectivity index (χ3v) is 3.24. The molecule has 112 valence electrons. The average molecular weight is 279 g/mol. The number of nitrogens with zero attached hydrogens (tertiary/aromatic N) is 1. The van der Waals surface area contributed by atoms with Gasteiger partial charge < -0.3 is 21.5 Å². The van der Waals surface area contributed by atoms with Gasteiger partial charge in [-0.05, 0) is 24.6 Å². The number of hydrogen-bond donors (Lipinski definition) is 3. The first-order chi connectivity index (χ1) is 9.60. The molecule has 0 aliphatic rings. The minimum Gasteiger partial charge on any atom is -0.399 e. The summed E-state index contributed by atoms with van der Waals surface area (Å²) < 4.78 is 0. The highest BCUT2D eigenvalue weighted by molar-refractivity contribution is 5.99. The van der Waals surface area contributed by atoms with E-state index in [2.05, 4.69) is 6.92 Å². The van der Waals surface area contributed by atoms with E-state index < -0.39 is 0 Å². The van der Waals surface area contributed by atoms with Crippen molar-refractivity contribution in [2.75, 3.05) is 31.2 Å². The predicted molar refractivity (Wildman–Crippen MR) is 82.4 cm³/mol. The lowest BCUT2D eigenvalue weighted by Crippen LogP contribution is -2.35. The molecule has 0 spiro atoms. The first-order valence-corrected chi connectivity index (χ1v) is 7.15. The second kappa shape index (κ2) is 8.43. The Kier molecular flexibility index (Phi) is 6.87. The van der Waals surface area contributed by atoms with Gasteiger partial charge in [0.15, 0.2) is 0 Å². The SMILES string of the molecule is CCCCCCN(CCO)C(=O)c1ccc(N)cc1N. The minimum atomic E-state index is -0.145. The van der Waals surface area contributed by atoms with E-state index in [-0.39, 0.29) is 12.5 Å². The van der Waals surface area contributed by atoms with E-state index in [1.165, 1.54) is 0 Å². The number of unbranched alkanes of at least 4 members (excludes halogenated alkanes) is 3. The molecule has 1 amide bonds. The van der Waals surface area contributed by atoms with Gasteiger partial charge in [0, 0.05) is 24.5 Å². The number of aliphatic hydroxyl groups is 1. The Labute approximate surface area is 120 Å². The van der Waals surface area contributed by atoms with Gasteiger partial charge >= 0.3 is 0 Å². The van der Waals surface area contributed by atoms with Crippen LogP contribution in [0.15, 0.2) is 18.2 Å². The van der Waals surface area contributed by atoms with Gasteiger partial charge in [0.25, 0.3) is 5.91 Å². The molecule has 5 nitrogen and oxygen atoms in total. The Morgan fingerprint density at radius 2 is 1.95 bits per heavy atom. The number of hydrogen-bond acceptors (Lipinski definition) is 4. The van der Waals surface area contributed by atoms with Crippen molar-refractivity contribution >= 4 is 17.3 Å². The summed E-state index contributed by atoms with van der Waals surface area (Å²) in [5, 5.41) is 9.10. The number of rotatable bonds is 8. The van der Waals surface area contributed by atoms with Crippen molar-refractivity contribution in [1.29, 1.82) is 0 Å². The fourth-order valence-corrected chi connectivity index (χ4v) is 2.11. The van der Waals surface area contributed by atoms with Gasteiger partial charge in [0.2, 0.25) is 0 Å². The van der Waals surface area contributed by atoms with Gasteiger partial charge in [0.1, 0.15) is 0 Å². The number of carbonyl (C=O) groups is 1. The molecule has 5 N–H and O–H groups in total.